The summed E-state index contributed by atoms with van der Waals surface area (Å²) in [7, 11) is 0. The monoisotopic (exact) mass is 224 g/mol. The number of carbonyl (C=O) groups is 1. The first-order valence-electron chi connectivity index (χ1n) is 6.05. The van der Waals surface area contributed by atoms with E-state index >= 15 is 0 Å². The molecule has 3 aliphatic rings. The van der Waals surface area contributed by atoms with Gasteiger partial charge in [0.05, 0.1) is 12.0 Å². The van der Waals surface area contributed by atoms with Crippen LogP contribution in [0.3, 0.4) is 0 Å². The Hall–Kier alpha value is -0.570. The fourth-order valence-electron chi connectivity index (χ4n) is 4.60. The molecule has 0 N–H and O–H groups in total. The van der Waals surface area contributed by atoms with Crippen molar-refractivity contribution >= 4 is 5.97 Å². The lowest BCUT2D eigenvalue weighted by atomic mass is 9.45. The molecule has 1 saturated carbocycles. The summed E-state index contributed by atoms with van der Waals surface area (Å²) in [5, 5.41) is 0. The van der Waals surface area contributed by atoms with E-state index in [0.717, 1.165) is 6.42 Å². The van der Waals surface area contributed by atoms with Crippen molar-refractivity contribution in [2.24, 2.45) is 11.3 Å². The fourth-order valence-corrected chi connectivity index (χ4v) is 4.60. The van der Waals surface area contributed by atoms with Crippen LogP contribution in [0.1, 0.15) is 47.5 Å². The highest BCUT2D eigenvalue weighted by molar-refractivity contribution is 5.73. The maximum atomic E-state index is 11.6. The standard InChI is InChI=1S/C13H20O3/c1-10(2)9-12(5,6-8(14)15-10)7-13(9)11(3,4)16-13/h9H,6-7H2,1-5H3. The van der Waals surface area contributed by atoms with Gasteiger partial charge in [-0.1, -0.05) is 6.92 Å². The molecule has 2 heterocycles. The Labute approximate surface area is 96.5 Å². The van der Waals surface area contributed by atoms with Gasteiger partial charge in [-0.25, -0.2) is 0 Å². The average Bonchev–Trinajstić information content (AvgIpc) is 2.46. The van der Waals surface area contributed by atoms with E-state index in [1.807, 2.05) is 13.8 Å². The van der Waals surface area contributed by atoms with Crippen LogP contribution in [0.5, 0.6) is 0 Å². The lowest BCUT2D eigenvalue weighted by molar-refractivity contribution is -0.228. The van der Waals surface area contributed by atoms with E-state index in [0.29, 0.717) is 12.3 Å². The number of esters is 1. The Morgan fingerprint density at radius 3 is 2.19 bits per heavy atom. The molecule has 0 bridgehead atoms. The molecular weight excluding hydrogens is 204 g/mol. The lowest BCUT2D eigenvalue weighted by Gasteiger charge is -2.61. The molecule has 1 aliphatic carbocycles. The molecule has 1 spiro atoms. The highest BCUT2D eigenvalue weighted by atomic mass is 16.6. The molecule has 3 fully saturated rings. The average molecular weight is 224 g/mol. The van der Waals surface area contributed by atoms with Crippen LogP contribution in [0.2, 0.25) is 0 Å². The van der Waals surface area contributed by atoms with E-state index < -0.39 is 5.60 Å². The van der Waals surface area contributed by atoms with Crippen LogP contribution in [-0.2, 0) is 14.3 Å². The zero-order valence-electron chi connectivity index (χ0n) is 10.7. The smallest absolute Gasteiger partial charge is 0.306 e. The van der Waals surface area contributed by atoms with Gasteiger partial charge in [0.25, 0.3) is 0 Å². The number of hydrogen-bond donors (Lipinski definition) is 0. The van der Waals surface area contributed by atoms with Crippen molar-refractivity contribution < 1.29 is 14.3 Å². The number of epoxide rings is 1. The normalized spacial score (nSPS) is 51.6. The molecule has 3 heteroatoms. The second kappa shape index (κ2) is 2.33. The number of fused-ring (bicyclic) bond motifs is 2. The van der Waals surface area contributed by atoms with Crippen LogP contribution in [0.25, 0.3) is 0 Å². The minimum absolute atomic E-state index is 0.0358. The first kappa shape index (κ1) is 10.6. The molecule has 2 aliphatic heterocycles. The highest BCUT2D eigenvalue weighted by Crippen LogP contribution is 2.75. The number of ether oxygens (including phenoxy) is 2. The van der Waals surface area contributed by atoms with Gasteiger partial charge in [-0.15, -0.1) is 0 Å². The molecule has 2 saturated heterocycles. The van der Waals surface area contributed by atoms with Crippen molar-refractivity contribution in [2.45, 2.75) is 64.3 Å². The first-order chi connectivity index (χ1) is 7.13. The predicted molar refractivity (Wildman–Crippen MR) is 58.9 cm³/mol. The van der Waals surface area contributed by atoms with E-state index in [4.69, 9.17) is 9.47 Å². The minimum atomic E-state index is -0.393. The summed E-state index contributed by atoms with van der Waals surface area (Å²) >= 11 is 0. The Balaban J connectivity index is 1.98. The number of hydrogen-bond acceptors (Lipinski definition) is 3. The molecule has 3 unspecified atom stereocenters. The minimum Gasteiger partial charge on any atom is -0.459 e. The van der Waals surface area contributed by atoms with Gasteiger partial charge < -0.3 is 9.47 Å². The third kappa shape index (κ3) is 0.963. The third-order valence-electron chi connectivity index (χ3n) is 4.86. The maximum Gasteiger partial charge on any atom is 0.306 e. The fraction of sp³-hybridized carbons (Fsp3) is 0.923. The van der Waals surface area contributed by atoms with Crippen molar-refractivity contribution in [1.82, 2.24) is 0 Å². The molecule has 3 nitrogen and oxygen atoms in total. The molecule has 16 heavy (non-hydrogen) atoms. The second-order valence-electron chi connectivity index (χ2n) is 7.02. The van der Waals surface area contributed by atoms with Crippen LogP contribution >= 0.6 is 0 Å². The zero-order valence-corrected chi connectivity index (χ0v) is 10.7. The van der Waals surface area contributed by atoms with Crippen LogP contribution in [0, 0.1) is 11.3 Å². The van der Waals surface area contributed by atoms with Gasteiger partial charge in [0.15, 0.2) is 0 Å². The van der Waals surface area contributed by atoms with E-state index in [1.54, 1.807) is 0 Å². The summed E-state index contributed by atoms with van der Waals surface area (Å²) in [5.41, 5.74) is -0.396. The Kier molecular flexibility index (Phi) is 1.54. The summed E-state index contributed by atoms with van der Waals surface area (Å²) in [6, 6.07) is 0. The molecule has 3 rings (SSSR count). The summed E-state index contributed by atoms with van der Waals surface area (Å²) in [6.07, 6.45) is 1.54. The molecule has 0 amide bonds. The van der Waals surface area contributed by atoms with Crippen LogP contribution in [0.15, 0.2) is 0 Å². The molecule has 90 valence electrons. The molecule has 0 aromatic heterocycles. The van der Waals surface area contributed by atoms with Gasteiger partial charge in [0, 0.05) is 5.92 Å². The highest BCUT2D eigenvalue weighted by Gasteiger charge is 2.83. The van der Waals surface area contributed by atoms with Crippen molar-refractivity contribution in [3.05, 3.63) is 0 Å². The van der Waals surface area contributed by atoms with Crippen LogP contribution in [0.4, 0.5) is 0 Å². The summed E-state index contributed by atoms with van der Waals surface area (Å²) in [4.78, 5) is 11.6. The van der Waals surface area contributed by atoms with Crippen molar-refractivity contribution in [2.75, 3.05) is 0 Å². The predicted octanol–water partition coefficient (Wildman–Crippen LogP) is 2.29. The van der Waals surface area contributed by atoms with Gasteiger partial charge >= 0.3 is 5.97 Å². The van der Waals surface area contributed by atoms with Gasteiger partial charge in [0.1, 0.15) is 11.2 Å². The molecule has 0 radical (unpaired) electrons. The number of carbonyl (C=O) groups excluding carboxylic acids is 1. The van der Waals surface area contributed by atoms with E-state index in [9.17, 15) is 4.79 Å². The van der Waals surface area contributed by atoms with Gasteiger partial charge in [-0.2, -0.15) is 0 Å². The summed E-state index contributed by atoms with van der Waals surface area (Å²) < 4.78 is 11.5. The van der Waals surface area contributed by atoms with E-state index in [2.05, 4.69) is 20.8 Å². The van der Waals surface area contributed by atoms with Crippen molar-refractivity contribution in [3.8, 4) is 0 Å². The molecule has 0 aromatic rings. The van der Waals surface area contributed by atoms with Gasteiger partial charge in [-0.05, 0) is 39.5 Å². The van der Waals surface area contributed by atoms with Crippen LogP contribution in [-0.4, -0.2) is 22.8 Å². The Morgan fingerprint density at radius 1 is 1.19 bits per heavy atom. The number of rotatable bonds is 0. The Bertz CT molecular complexity index is 369. The van der Waals surface area contributed by atoms with Crippen molar-refractivity contribution in [1.29, 1.82) is 0 Å². The van der Waals surface area contributed by atoms with Gasteiger partial charge in [0.2, 0.25) is 0 Å². The van der Waals surface area contributed by atoms with Crippen molar-refractivity contribution in [3.63, 3.8) is 0 Å². The largest absolute Gasteiger partial charge is 0.459 e. The molecule has 3 atom stereocenters. The lowest BCUT2D eigenvalue weighted by Crippen LogP contribution is -2.67. The first-order valence-corrected chi connectivity index (χ1v) is 6.05. The van der Waals surface area contributed by atoms with E-state index in [1.165, 1.54) is 0 Å². The third-order valence-corrected chi connectivity index (χ3v) is 4.86. The quantitative estimate of drug-likeness (QED) is 0.468. The Morgan fingerprint density at radius 2 is 1.75 bits per heavy atom. The van der Waals surface area contributed by atoms with Gasteiger partial charge in [-0.3, -0.25) is 4.79 Å². The molecular formula is C13H20O3. The molecule has 0 aromatic carbocycles. The SMILES string of the molecule is CC12CC(=O)OC(C)(C)C1C1(C2)OC1(C)C. The topological polar surface area (TPSA) is 38.8 Å². The number of cyclic esters (lactones) is 1. The summed E-state index contributed by atoms with van der Waals surface area (Å²) in [6.45, 7) is 10.5. The maximum absolute atomic E-state index is 11.6. The van der Waals surface area contributed by atoms with Crippen LogP contribution < -0.4 is 0 Å². The second-order valence-corrected chi connectivity index (χ2v) is 7.02. The van der Waals surface area contributed by atoms with E-state index in [-0.39, 0.29) is 22.6 Å². The zero-order chi connectivity index (χ0) is 12.0. The summed E-state index contributed by atoms with van der Waals surface area (Å²) in [5.74, 6) is 0.275.